The molecule has 62 heavy (non-hydrogen) atoms. The van der Waals surface area contributed by atoms with Crippen LogP contribution in [-0.2, 0) is 0 Å². The summed E-state index contributed by atoms with van der Waals surface area (Å²) >= 11 is 1.50. The van der Waals surface area contributed by atoms with E-state index in [0.29, 0.717) is 57.5 Å². The van der Waals surface area contributed by atoms with Crippen molar-refractivity contribution in [3.8, 4) is 57.5 Å². The highest BCUT2D eigenvalue weighted by Gasteiger charge is 2.30. The SMILES string of the molecule is COc1ccccc1OP(Oc1ccccc1OC)Oc1ccc2ccccc2c1Sc1c(OP(Oc2ccccc2OC)Oc2ccccc2OC)c(C)cc2ccccc12. The Morgan fingerprint density at radius 3 is 1.15 bits per heavy atom. The predicted octanol–water partition coefficient (Wildman–Crippen LogP) is 14.0. The van der Waals surface area contributed by atoms with Crippen molar-refractivity contribution in [3.05, 3.63) is 169 Å². The molecule has 0 saturated heterocycles. The molecule has 0 atom stereocenters. The van der Waals surface area contributed by atoms with Crippen molar-refractivity contribution in [2.24, 2.45) is 0 Å². The molecule has 0 heterocycles. The highest BCUT2D eigenvalue weighted by atomic mass is 32.2. The third-order valence-electron chi connectivity index (χ3n) is 9.50. The van der Waals surface area contributed by atoms with E-state index in [1.165, 1.54) is 11.8 Å². The molecule has 0 radical (unpaired) electrons. The van der Waals surface area contributed by atoms with Crippen molar-refractivity contribution >= 4 is 50.5 Å². The van der Waals surface area contributed by atoms with Crippen molar-refractivity contribution in [1.82, 2.24) is 0 Å². The minimum Gasteiger partial charge on any atom is -0.493 e. The lowest BCUT2D eigenvalue weighted by atomic mass is 10.1. The van der Waals surface area contributed by atoms with Gasteiger partial charge in [0.1, 0.15) is 11.5 Å². The monoisotopic (exact) mass is 884 g/mol. The lowest BCUT2D eigenvalue weighted by Gasteiger charge is -2.24. The van der Waals surface area contributed by atoms with Gasteiger partial charge in [-0.15, -0.1) is 0 Å². The van der Waals surface area contributed by atoms with Crippen LogP contribution in [0.15, 0.2) is 174 Å². The number of fused-ring (bicyclic) bond motifs is 2. The van der Waals surface area contributed by atoms with Crippen LogP contribution in [0.2, 0.25) is 0 Å². The molecule has 0 aliphatic heterocycles. The number of aryl methyl sites for hydroxylation is 1. The van der Waals surface area contributed by atoms with Gasteiger partial charge in [-0.3, -0.25) is 0 Å². The van der Waals surface area contributed by atoms with Crippen LogP contribution in [0.25, 0.3) is 21.5 Å². The van der Waals surface area contributed by atoms with Gasteiger partial charge < -0.3 is 46.1 Å². The first-order chi connectivity index (χ1) is 30.5. The fraction of sp³-hybridized carbons (Fsp3) is 0.102. The zero-order valence-corrected chi connectivity index (χ0v) is 37.1. The molecular weight excluding hydrogens is 843 g/mol. The van der Waals surface area contributed by atoms with Crippen LogP contribution < -0.4 is 46.1 Å². The van der Waals surface area contributed by atoms with Gasteiger partial charge in [-0.05, 0) is 94.7 Å². The molecule has 0 bridgehead atoms. The standard InChI is InChI=1S/C49H42O10P2S/c1-33-32-35-19-7-9-21-37(35)49(47(33)59-61(56-44-28-16-12-24-40(44)52-4)57-45-29-17-13-25-41(45)53-5)62-48-36-20-8-6-18-34(36)30-31-46(48)58-60(54-42-26-14-10-22-38(42)50-2)55-43-27-15-11-23-39(43)51-3/h6-32H,1-5H3. The second-order valence-corrected chi connectivity index (χ2v) is 16.4. The fourth-order valence-electron chi connectivity index (χ4n) is 6.51. The van der Waals surface area contributed by atoms with Gasteiger partial charge in [0.05, 0.1) is 38.2 Å². The maximum atomic E-state index is 6.98. The van der Waals surface area contributed by atoms with E-state index < -0.39 is 17.2 Å². The minimum absolute atomic E-state index is 0.449. The maximum absolute atomic E-state index is 6.98. The number of hydrogen-bond acceptors (Lipinski definition) is 11. The van der Waals surface area contributed by atoms with Crippen molar-refractivity contribution in [1.29, 1.82) is 0 Å². The van der Waals surface area contributed by atoms with Crippen LogP contribution in [-0.4, -0.2) is 28.4 Å². The normalized spacial score (nSPS) is 11.0. The Bertz CT molecular complexity index is 2710. The molecule has 0 spiro atoms. The number of methoxy groups -OCH3 is 4. The Hall–Kier alpha value is -6.51. The van der Waals surface area contributed by atoms with Gasteiger partial charge in [-0.25, -0.2) is 0 Å². The van der Waals surface area contributed by atoms with Gasteiger partial charge in [0.2, 0.25) is 0 Å². The molecule has 13 heteroatoms. The summed E-state index contributed by atoms with van der Waals surface area (Å²) in [7, 11) is 2.00. The van der Waals surface area contributed by atoms with Crippen LogP contribution in [0.5, 0.6) is 57.5 Å². The molecule has 0 fully saturated rings. The molecule has 314 valence electrons. The quantitative estimate of drug-likeness (QED) is 0.0771. The lowest BCUT2D eigenvalue weighted by molar-refractivity contribution is 0.345. The minimum atomic E-state index is -2.18. The first-order valence-corrected chi connectivity index (χ1v) is 22.4. The molecule has 0 saturated carbocycles. The van der Waals surface area contributed by atoms with E-state index in [1.54, 1.807) is 40.6 Å². The van der Waals surface area contributed by atoms with Crippen LogP contribution in [0.1, 0.15) is 5.56 Å². The second kappa shape index (κ2) is 19.9. The molecule has 8 aromatic carbocycles. The summed E-state index contributed by atoms with van der Waals surface area (Å²) in [5, 5.41) is 3.90. The number of para-hydroxylation sites is 8. The fourth-order valence-corrected chi connectivity index (χ4v) is 10.1. The Balaban J connectivity index is 1.25. The zero-order valence-electron chi connectivity index (χ0n) is 34.5. The third-order valence-corrected chi connectivity index (χ3v) is 12.8. The average molecular weight is 885 g/mol. The molecule has 0 N–H and O–H groups in total. The number of rotatable bonds is 18. The lowest BCUT2D eigenvalue weighted by Crippen LogP contribution is -2.06. The van der Waals surface area contributed by atoms with Crippen molar-refractivity contribution < 1.29 is 46.1 Å². The Morgan fingerprint density at radius 2 is 0.694 bits per heavy atom. The molecule has 0 aromatic heterocycles. The highest BCUT2D eigenvalue weighted by Crippen LogP contribution is 2.55. The van der Waals surface area contributed by atoms with Gasteiger partial charge in [0.25, 0.3) is 0 Å². The number of benzene rings is 8. The summed E-state index contributed by atoms with van der Waals surface area (Å²) in [6.07, 6.45) is 0. The van der Waals surface area contributed by atoms with Crippen LogP contribution in [0, 0.1) is 6.92 Å². The van der Waals surface area contributed by atoms with Crippen LogP contribution in [0.4, 0.5) is 0 Å². The molecule has 0 aliphatic carbocycles. The first kappa shape index (κ1) is 42.2. The van der Waals surface area contributed by atoms with E-state index in [9.17, 15) is 0 Å². The molecule has 0 unspecified atom stereocenters. The van der Waals surface area contributed by atoms with Gasteiger partial charge >= 0.3 is 17.2 Å². The maximum Gasteiger partial charge on any atom is 0.530 e. The molecule has 0 aliphatic rings. The molecule has 10 nitrogen and oxygen atoms in total. The van der Waals surface area contributed by atoms with E-state index in [1.807, 2.05) is 128 Å². The Kier molecular flexibility index (Phi) is 13.5. The van der Waals surface area contributed by atoms with Crippen LogP contribution >= 0.6 is 29.0 Å². The Morgan fingerprint density at radius 1 is 0.339 bits per heavy atom. The zero-order chi connectivity index (χ0) is 42.8. The van der Waals surface area contributed by atoms with E-state index in [0.717, 1.165) is 36.9 Å². The largest absolute Gasteiger partial charge is 0.530 e. The van der Waals surface area contributed by atoms with Crippen molar-refractivity contribution in [2.45, 2.75) is 16.7 Å². The summed E-state index contributed by atoms with van der Waals surface area (Å²) in [6, 6.07) is 51.8. The topological polar surface area (TPSA) is 92.3 Å². The summed E-state index contributed by atoms with van der Waals surface area (Å²) in [5.41, 5.74) is 0.856. The first-order valence-electron chi connectivity index (χ1n) is 19.4. The summed E-state index contributed by atoms with van der Waals surface area (Å²) < 4.78 is 62.7. The number of ether oxygens (including phenoxy) is 4. The molecule has 8 aromatic rings. The summed E-state index contributed by atoms with van der Waals surface area (Å²) in [4.78, 5) is 1.60. The van der Waals surface area contributed by atoms with Crippen LogP contribution in [0.3, 0.4) is 0 Å². The van der Waals surface area contributed by atoms with E-state index in [-0.39, 0.29) is 0 Å². The molecule has 0 amide bonds. The summed E-state index contributed by atoms with van der Waals surface area (Å²) in [6.45, 7) is 2.01. The smallest absolute Gasteiger partial charge is 0.493 e. The van der Waals surface area contributed by atoms with Gasteiger partial charge in [0.15, 0.2) is 46.0 Å². The Labute approximate surface area is 367 Å². The molecular formula is C49H42O10P2S. The van der Waals surface area contributed by atoms with Gasteiger partial charge in [0, 0.05) is 0 Å². The molecule has 8 rings (SSSR count). The van der Waals surface area contributed by atoms with E-state index in [4.69, 9.17) is 46.1 Å². The summed E-state index contributed by atoms with van der Waals surface area (Å²) in [5.74, 6) is 4.97. The number of hydrogen-bond donors (Lipinski definition) is 0. The van der Waals surface area contributed by atoms with Gasteiger partial charge in [-0.2, -0.15) is 0 Å². The third kappa shape index (κ3) is 9.51. The second-order valence-electron chi connectivity index (χ2n) is 13.4. The van der Waals surface area contributed by atoms with Crippen molar-refractivity contribution in [3.63, 3.8) is 0 Å². The average Bonchev–Trinajstić information content (AvgIpc) is 3.31. The predicted molar refractivity (Wildman–Crippen MR) is 246 cm³/mol. The van der Waals surface area contributed by atoms with Crippen molar-refractivity contribution in [2.75, 3.05) is 28.4 Å². The van der Waals surface area contributed by atoms with E-state index in [2.05, 4.69) is 30.3 Å². The van der Waals surface area contributed by atoms with Gasteiger partial charge in [-0.1, -0.05) is 115 Å². The highest BCUT2D eigenvalue weighted by molar-refractivity contribution is 8.00. The van der Waals surface area contributed by atoms with E-state index >= 15 is 0 Å².